The fraction of sp³-hybridized carbons (Fsp3) is 0.429. The first-order valence-corrected chi connectivity index (χ1v) is 8.09. The molecule has 0 spiro atoms. The minimum atomic E-state index is -2.93. The van der Waals surface area contributed by atoms with Crippen LogP contribution in [0.25, 0.3) is 0 Å². The van der Waals surface area contributed by atoms with Crippen LogP contribution in [0.1, 0.15) is 0 Å². The van der Waals surface area contributed by atoms with E-state index in [-0.39, 0.29) is 11.0 Å². The largest absolute Gasteiger partial charge is 0.229 e. The summed E-state index contributed by atoms with van der Waals surface area (Å²) in [6.07, 6.45) is 2.74. The summed E-state index contributed by atoms with van der Waals surface area (Å²) >= 11 is 10.2. The second-order valence-corrected chi connectivity index (χ2v) is 7.31. The molecule has 0 aliphatic carbocycles. The number of sulfone groups is 1. The molecular weight excluding hydrogens is 324 g/mol. The topological polar surface area (TPSA) is 59.9 Å². The number of nitrogens with zero attached hydrogens (tertiary/aromatic N) is 2. The maximum Gasteiger partial charge on any atom is 0.223 e. The summed E-state index contributed by atoms with van der Waals surface area (Å²) < 4.78 is 22.5. The van der Waals surface area contributed by atoms with E-state index in [2.05, 4.69) is 25.9 Å². The Morgan fingerprint density at radius 2 is 2.27 bits per heavy atom. The van der Waals surface area contributed by atoms with Crippen molar-refractivity contribution in [2.24, 2.45) is 0 Å². The Bertz CT molecular complexity index is 452. The van der Waals surface area contributed by atoms with E-state index >= 15 is 0 Å². The molecule has 0 aliphatic heterocycles. The minimum Gasteiger partial charge on any atom is -0.229 e. The Morgan fingerprint density at radius 3 is 2.87 bits per heavy atom. The monoisotopic (exact) mass is 330 g/mol. The van der Waals surface area contributed by atoms with Gasteiger partial charge in [-0.2, -0.15) is 0 Å². The van der Waals surface area contributed by atoms with Crippen LogP contribution in [-0.2, 0) is 9.84 Å². The normalized spacial score (nSPS) is 11.7. The third-order valence-electron chi connectivity index (χ3n) is 1.38. The zero-order valence-electron chi connectivity index (χ0n) is 7.77. The Labute approximate surface area is 106 Å². The van der Waals surface area contributed by atoms with E-state index in [0.717, 1.165) is 0 Å². The number of hydrogen-bond acceptors (Lipinski definition) is 5. The fourth-order valence-corrected chi connectivity index (χ4v) is 3.52. The van der Waals surface area contributed by atoms with Gasteiger partial charge in [-0.05, 0) is 27.5 Å². The van der Waals surface area contributed by atoms with Gasteiger partial charge in [0.1, 0.15) is 14.9 Å². The Kier molecular flexibility index (Phi) is 4.82. The third kappa shape index (κ3) is 5.14. The molecule has 4 nitrogen and oxygen atoms in total. The highest BCUT2D eigenvalue weighted by Crippen LogP contribution is 2.25. The molecule has 1 heterocycles. The van der Waals surface area contributed by atoms with Gasteiger partial charge >= 0.3 is 0 Å². The Hall–Kier alpha value is 0.150. The van der Waals surface area contributed by atoms with E-state index in [1.165, 1.54) is 24.2 Å². The summed E-state index contributed by atoms with van der Waals surface area (Å²) in [6.45, 7) is 0. The summed E-state index contributed by atoms with van der Waals surface area (Å²) in [5, 5.41) is 0.804. The average molecular weight is 332 g/mol. The van der Waals surface area contributed by atoms with Gasteiger partial charge in [-0.3, -0.25) is 0 Å². The first-order valence-electron chi connectivity index (χ1n) is 3.87. The minimum absolute atomic E-state index is 0.117. The number of aromatic nitrogens is 2. The van der Waals surface area contributed by atoms with Crippen molar-refractivity contribution >= 4 is 49.1 Å². The van der Waals surface area contributed by atoms with E-state index in [0.29, 0.717) is 15.3 Å². The van der Waals surface area contributed by atoms with E-state index in [4.69, 9.17) is 11.6 Å². The van der Waals surface area contributed by atoms with Crippen LogP contribution in [0.2, 0.25) is 5.28 Å². The van der Waals surface area contributed by atoms with Crippen molar-refractivity contribution in [3.63, 3.8) is 0 Å². The lowest BCUT2D eigenvalue weighted by Gasteiger charge is -2.02. The van der Waals surface area contributed by atoms with Crippen LogP contribution in [0.4, 0.5) is 0 Å². The van der Waals surface area contributed by atoms with Gasteiger partial charge in [-0.15, -0.1) is 11.8 Å². The number of thioether (sulfide) groups is 1. The quantitative estimate of drug-likeness (QED) is 0.480. The second kappa shape index (κ2) is 5.47. The maximum absolute atomic E-state index is 10.9. The molecule has 1 rings (SSSR count). The summed E-state index contributed by atoms with van der Waals surface area (Å²) in [7, 11) is -2.93. The SMILES string of the molecule is CS(=O)(=O)CCSc1nc(Cl)ncc1Br. The highest BCUT2D eigenvalue weighted by Gasteiger charge is 2.07. The van der Waals surface area contributed by atoms with Crippen LogP contribution in [0.5, 0.6) is 0 Å². The Balaban J connectivity index is 2.61. The smallest absolute Gasteiger partial charge is 0.223 e. The van der Waals surface area contributed by atoms with Gasteiger partial charge in [0, 0.05) is 18.2 Å². The van der Waals surface area contributed by atoms with Crippen molar-refractivity contribution in [3.05, 3.63) is 16.0 Å². The van der Waals surface area contributed by atoms with Crippen LogP contribution in [0, 0.1) is 0 Å². The van der Waals surface area contributed by atoms with Crippen molar-refractivity contribution in [2.45, 2.75) is 5.03 Å². The van der Waals surface area contributed by atoms with Gasteiger partial charge in [-0.25, -0.2) is 18.4 Å². The molecule has 1 aromatic heterocycles. The van der Waals surface area contributed by atoms with Gasteiger partial charge in [0.2, 0.25) is 5.28 Å². The van der Waals surface area contributed by atoms with Crippen molar-refractivity contribution in [2.75, 3.05) is 17.8 Å². The molecular formula is C7H8BrClN2O2S2. The molecule has 15 heavy (non-hydrogen) atoms. The highest BCUT2D eigenvalue weighted by atomic mass is 79.9. The van der Waals surface area contributed by atoms with E-state index < -0.39 is 9.84 Å². The van der Waals surface area contributed by atoms with Gasteiger partial charge in [-0.1, -0.05) is 0 Å². The zero-order valence-corrected chi connectivity index (χ0v) is 11.7. The van der Waals surface area contributed by atoms with Gasteiger partial charge < -0.3 is 0 Å². The van der Waals surface area contributed by atoms with E-state index in [1.54, 1.807) is 0 Å². The van der Waals surface area contributed by atoms with Crippen LogP contribution in [0.3, 0.4) is 0 Å². The summed E-state index contributed by atoms with van der Waals surface area (Å²) in [5.74, 6) is 0.566. The molecule has 0 saturated heterocycles. The predicted octanol–water partition coefficient (Wildman–Crippen LogP) is 2.03. The number of hydrogen-bond donors (Lipinski definition) is 0. The molecule has 0 atom stereocenters. The zero-order chi connectivity index (χ0) is 11.5. The molecule has 0 N–H and O–H groups in total. The summed E-state index contributed by atoms with van der Waals surface area (Å²) in [6, 6.07) is 0. The van der Waals surface area contributed by atoms with Crippen molar-refractivity contribution in [3.8, 4) is 0 Å². The van der Waals surface area contributed by atoms with Gasteiger partial charge in [0.15, 0.2) is 0 Å². The molecule has 0 fully saturated rings. The van der Waals surface area contributed by atoms with E-state index in [9.17, 15) is 8.42 Å². The molecule has 0 saturated carbocycles. The third-order valence-corrected chi connectivity index (χ3v) is 4.60. The summed E-state index contributed by atoms with van der Waals surface area (Å²) in [5.41, 5.74) is 0. The molecule has 8 heteroatoms. The van der Waals surface area contributed by atoms with Crippen molar-refractivity contribution in [1.29, 1.82) is 0 Å². The van der Waals surface area contributed by atoms with Crippen molar-refractivity contribution in [1.82, 2.24) is 9.97 Å². The number of rotatable bonds is 4. The van der Waals surface area contributed by atoms with Crippen LogP contribution >= 0.6 is 39.3 Å². The molecule has 0 aliphatic rings. The molecule has 84 valence electrons. The van der Waals surface area contributed by atoms with Gasteiger partial charge in [0.05, 0.1) is 10.2 Å². The lowest BCUT2D eigenvalue weighted by molar-refractivity contribution is 0.603. The van der Waals surface area contributed by atoms with Crippen LogP contribution in [0.15, 0.2) is 15.7 Å². The summed E-state index contributed by atoms with van der Waals surface area (Å²) in [4.78, 5) is 7.74. The molecule has 0 radical (unpaired) electrons. The predicted molar refractivity (Wildman–Crippen MR) is 65.2 cm³/mol. The lowest BCUT2D eigenvalue weighted by atomic mass is 10.7. The Morgan fingerprint density at radius 1 is 1.60 bits per heavy atom. The standard InChI is InChI=1S/C7H8BrClN2O2S2/c1-15(12,13)3-2-14-6-5(8)4-10-7(9)11-6/h4H,2-3H2,1H3. The maximum atomic E-state index is 10.9. The first kappa shape index (κ1) is 13.2. The molecule has 0 amide bonds. The highest BCUT2D eigenvalue weighted by molar-refractivity contribution is 9.10. The average Bonchev–Trinajstić information content (AvgIpc) is 2.09. The molecule has 0 bridgehead atoms. The molecule has 0 unspecified atom stereocenters. The van der Waals surface area contributed by atoms with Gasteiger partial charge in [0.25, 0.3) is 0 Å². The first-order chi connectivity index (χ1) is 6.88. The van der Waals surface area contributed by atoms with Crippen LogP contribution < -0.4 is 0 Å². The lowest BCUT2D eigenvalue weighted by Crippen LogP contribution is -2.05. The fourth-order valence-electron chi connectivity index (χ4n) is 0.722. The van der Waals surface area contributed by atoms with Crippen LogP contribution in [-0.4, -0.2) is 36.1 Å². The van der Waals surface area contributed by atoms with Crippen molar-refractivity contribution < 1.29 is 8.42 Å². The molecule has 1 aromatic rings. The number of halogens is 2. The molecule has 0 aromatic carbocycles. The second-order valence-electron chi connectivity index (χ2n) is 2.77. The van der Waals surface area contributed by atoms with E-state index in [1.807, 2.05) is 0 Å².